The Labute approximate surface area is 228 Å². The molecule has 0 aliphatic heterocycles. The fourth-order valence-electron chi connectivity index (χ4n) is 4.12. The summed E-state index contributed by atoms with van der Waals surface area (Å²) in [5.41, 5.74) is 4.35. The molecule has 3 aromatic heterocycles. The van der Waals surface area contributed by atoms with Gasteiger partial charge in [0.2, 0.25) is 11.9 Å². The van der Waals surface area contributed by atoms with Gasteiger partial charge in [-0.25, -0.2) is 9.97 Å². The molecular formula is C27H22Cl2N6O3. The Morgan fingerprint density at radius 3 is 2.37 bits per heavy atom. The summed E-state index contributed by atoms with van der Waals surface area (Å²) < 4.78 is 12.8. The van der Waals surface area contributed by atoms with E-state index in [4.69, 9.17) is 42.6 Å². The summed E-state index contributed by atoms with van der Waals surface area (Å²) in [6, 6.07) is 10.8. The van der Waals surface area contributed by atoms with Gasteiger partial charge >= 0.3 is 0 Å². The van der Waals surface area contributed by atoms with E-state index in [1.54, 1.807) is 18.3 Å². The number of carbonyl (C=O) groups excluding carboxylic acids is 1. The van der Waals surface area contributed by atoms with Crippen molar-refractivity contribution in [3.8, 4) is 22.6 Å². The molecule has 0 spiro atoms. The largest absolute Gasteiger partial charge is 0.495 e. The average Bonchev–Trinajstić information content (AvgIpc) is 3.32. The minimum absolute atomic E-state index is 0.326. The van der Waals surface area contributed by atoms with Gasteiger partial charge in [0, 0.05) is 35.0 Å². The number of para-hydroxylation sites is 2. The van der Waals surface area contributed by atoms with Crippen LogP contribution < -0.4 is 20.1 Å². The van der Waals surface area contributed by atoms with Crippen LogP contribution in [0.5, 0.6) is 11.5 Å². The van der Waals surface area contributed by atoms with Crippen LogP contribution in [-0.2, 0) is 4.79 Å². The number of aromatic nitrogens is 4. The van der Waals surface area contributed by atoms with Crippen LogP contribution in [0.4, 0.5) is 17.3 Å². The minimum Gasteiger partial charge on any atom is -0.495 e. The van der Waals surface area contributed by atoms with Crippen molar-refractivity contribution >= 4 is 63.1 Å². The number of ether oxygens (including phenoxy) is 2. The molecule has 11 heteroatoms. The van der Waals surface area contributed by atoms with Crippen molar-refractivity contribution in [1.29, 1.82) is 0 Å². The number of aryl methyl sites for hydroxylation is 1. The highest BCUT2D eigenvalue weighted by atomic mass is 35.5. The number of amides is 1. The highest BCUT2D eigenvalue weighted by Crippen LogP contribution is 2.47. The Morgan fingerprint density at radius 1 is 1.03 bits per heavy atom. The Bertz CT molecular complexity index is 1710. The normalized spacial score (nSPS) is 11.0. The second kappa shape index (κ2) is 10.2. The average molecular weight is 549 g/mol. The van der Waals surface area contributed by atoms with Gasteiger partial charge < -0.3 is 20.1 Å². The zero-order chi connectivity index (χ0) is 27.0. The number of halogens is 2. The first-order chi connectivity index (χ1) is 18.3. The molecule has 0 unspecified atom stereocenters. The quantitative estimate of drug-likeness (QED) is 0.225. The molecule has 0 saturated carbocycles. The molecule has 38 heavy (non-hydrogen) atoms. The van der Waals surface area contributed by atoms with Gasteiger partial charge in [-0.2, -0.15) is 4.98 Å². The van der Waals surface area contributed by atoms with E-state index in [0.717, 1.165) is 11.1 Å². The number of benzene rings is 2. The highest BCUT2D eigenvalue weighted by Gasteiger charge is 2.23. The molecule has 0 saturated heterocycles. The summed E-state index contributed by atoms with van der Waals surface area (Å²) in [5, 5.41) is 7.33. The number of imidazole rings is 1. The van der Waals surface area contributed by atoms with Crippen LogP contribution in [0.2, 0.25) is 10.0 Å². The van der Waals surface area contributed by atoms with Crippen molar-refractivity contribution in [1.82, 2.24) is 19.4 Å². The maximum Gasteiger partial charge on any atom is 0.247 e. The van der Waals surface area contributed by atoms with E-state index in [9.17, 15) is 4.79 Å². The molecule has 3 heterocycles. The maximum atomic E-state index is 11.9. The van der Waals surface area contributed by atoms with Crippen LogP contribution in [0.15, 0.2) is 61.4 Å². The van der Waals surface area contributed by atoms with E-state index in [2.05, 4.69) is 22.2 Å². The van der Waals surface area contributed by atoms with Crippen LogP contribution in [0, 0.1) is 6.92 Å². The van der Waals surface area contributed by atoms with Gasteiger partial charge in [0.05, 0.1) is 41.3 Å². The van der Waals surface area contributed by atoms with Crippen LogP contribution in [0.25, 0.3) is 27.8 Å². The van der Waals surface area contributed by atoms with Crippen molar-refractivity contribution in [2.75, 3.05) is 24.9 Å². The van der Waals surface area contributed by atoms with E-state index in [1.807, 2.05) is 41.8 Å². The number of methoxy groups -OCH3 is 2. The van der Waals surface area contributed by atoms with E-state index in [0.29, 0.717) is 61.3 Å². The lowest BCUT2D eigenvalue weighted by molar-refractivity contribution is -0.111. The standard InChI is InChI=1S/C27H22Cl2N6O3/c1-5-21(36)32-17-8-6-7-9-18(17)33-27-30-12-15-10-16(26-31-14(2)13-35(26)25(15)34-27)22-23(28)19(37-3)11-20(38-4)24(22)29/h5-13H,1H2,2-4H3,(H,32,36)(H,30,33,34). The number of nitrogens with one attached hydrogen (secondary N) is 2. The molecule has 0 atom stereocenters. The smallest absolute Gasteiger partial charge is 0.247 e. The molecular weight excluding hydrogens is 527 g/mol. The van der Waals surface area contributed by atoms with E-state index in [1.165, 1.54) is 20.3 Å². The number of hydrogen-bond donors (Lipinski definition) is 2. The fraction of sp³-hybridized carbons (Fsp3) is 0.111. The van der Waals surface area contributed by atoms with Crippen molar-refractivity contribution < 1.29 is 14.3 Å². The first-order valence-electron chi connectivity index (χ1n) is 11.4. The predicted octanol–water partition coefficient (Wildman–Crippen LogP) is 6.45. The molecule has 2 N–H and O–H groups in total. The molecule has 0 bridgehead atoms. The molecule has 5 rings (SSSR count). The number of rotatable bonds is 7. The SMILES string of the molecule is C=CC(=O)Nc1ccccc1Nc1ncc2cc(-c3c(Cl)c(OC)cc(OC)c3Cl)c3nc(C)cn3c2n1. The summed E-state index contributed by atoms with van der Waals surface area (Å²) in [6.45, 7) is 5.38. The Kier molecular flexibility index (Phi) is 6.79. The molecule has 0 aliphatic carbocycles. The fourth-order valence-corrected chi connectivity index (χ4v) is 4.82. The second-order valence-electron chi connectivity index (χ2n) is 8.25. The number of carbonyl (C=O) groups is 1. The molecule has 0 fully saturated rings. The number of anilines is 3. The van der Waals surface area contributed by atoms with E-state index >= 15 is 0 Å². The van der Waals surface area contributed by atoms with Gasteiger partial charge in [-0.3, -0.25) is 9.20 Å². The zero-order valence-corrected chi connectivity index (χ0v) is 22.2. The Balaban J connectivity index is 1.68. The number of pyridine rings is 1. The summed E-state index contributed by atoms with van der Waals surface area (Å²) >= 11 is 13.5. The van der Waals surface area contributed by atoms with Crippen LogP contribution in [-0.4, -0.2) is 39.5 Å². The number of nitrogens with zero attached hydrogens (tertiary/aromatic N) is 4. The van der Waals surface area contributed by atoms with Crippen molar-refractivity contribution in [3.63, 3.8) is 0 Å². The molecule has 0 radical (unpaired) electrons. The Hall–Kier alpha value is -4.34. The van der Waals surface area contributed by atoms with E-state index < -0.39 is 0 Å². The molecule has 9 nitrogen and oxygen atoms in total. The van der Waals surface area contributed by atoms with Crippen molar-refractivity contribution in [2.45, 2.75) is 6.92 Å². The second-order valence-corrected chi connectivity index (χ2v) is 9.01. The van der Waals surface area contributed by atoms with Crippen molar-refractivity contribution in [3.05, 3.63) is 77.2 Å². The lowest BCUT2D eigenvalue weighted by Gasteiger charge is -2.16. The molecule has 192 valence electrons. The predicted molar refractivity (Wildman–Crippen MR) is 150 cm³/mol. The van der Waals surface area contributed by atoms with Gasteiger partial charge in [-0.15, -0.1) is 0 Å². The third-order valence-electron chi connectivity index (χ3n) is 5.85. The minimum atomic E-state index is -0.326. The van der Waals surface area contributed by atoms with Crippen LogP contribution >= 0.6 is 23.2 Å². The summed E-state index contributed by atoms with van der Waals surface area (Å²) in [7, 11) is 3.05. The summed E-state index contributed by atoms with van der Waals surface area (Å²) in [6.07, 6.45) is 4.76. The lowest BCUT2D eigenvalue weighted by Crippen LogP contribution is -2.09. The third kappa shape index (κ3) is 4.46. The molecule has 0 aliphatic rings. The molecule has 5 aromatic rings. The topological polar surface area (TPSA) is 103 Å². The van der Waals surface area contributed by atoms with Gasteiger partial charge in [0.15, 0.2) is 5.65 Å². The highest BCUT2D eigenvalue weighted by molar-refractivity contribution is 6.41. The molecule has 1 amide bonds. The number of hydrogen-bond acceptors (Lipinski definition) is 7. The first kappa shape index (κ1) is 25.3. The number of fused-ring (bicyclic) bond motifs is 3. The zero-order valence-electron chi connectivity index (χ0n) is 20.7. The maximum absolute atomic E-state index is 11.9. The van der Waals surface area contributed by atoms with Crippen LogP contribution in [0.1, 0.15) is 5.69 Å². The van der Waals surface area contributed by atoms with Crippen LogP contribution in [0.3, 0.4) is 0 Å². The Morgan fingerprint density at radius 2 is 1.71 bits per heavy atom. The molecule has 2 aromatic carbocycles. The summed E-state index contributed by atoms with van der Waals surface area (Å²) in [4.78, 5) is 25.8. The van der Waals surface area contributed by atoms with Gasteiger partial charge in [0.1, 0.15) is 17.1 Å². The monoisotopic (exact) mass is 548 g/mol. The van der Waals surface area contributed by atoms with Gasteiger partial charge in [0.25, 0.3) is 0 Å². The first-order valence-corrected chi connectivity index (χ1v) is 12.2. The lowest BCUT2D eigenvalue weighted by atomic mass is 10.0. The van der Waals surface area contributed by atoms with E-state index in [-0.39, 0.29) is 5.91 Å². The third-order valence-corrected chi connectivity index (χ3v) is 6.60. The summed E-state index contributed by atoms with van der Waals surface area (Å²) in [5.74, 6) is 0.843. The van der Waals surface area contributed by atoms with Gasteiger partial charge in [-0.1, -0.05) is 41.9 Å². The van der Waals surface area contributed by atoms with Crippen molar-refractivity contribution in [2.24, 2.45) is 0 Å². The van der Waals surface area contributed by atoms with Gasteiger partial charge in [-0.05, 0) is 31.2 Å².